The zero-order valence-electron chi connectivity index (χ0n) is 35.1. The number of aromatic nitrogens is 2. The van der Waals surface area contributed by atoms with Crippen LogP contribution in [0.25, 0.3) is 71.2 Å². The van der Waals surface area contributed by atoms with Crippen LogP contribution in [0.5, 0.6) is 0 Å². The molecule has 2 atom stereocenters. The molecule has 2 heterocycles. The highest BCUT2D eigenvalue weighted by Gasteiger charge is 2.37. The van der Waals surface area contributed by atoms with Crippen LogP contribution in [0.3, 0.4) is 0 Å². The number of benzene rings is 7. The van der Waals surface area contributed by atoms with Crippen LogP contribution in [-0.2, 0) is 5.41 Å². The standard InChI is InChI=1S/C57H43N5/c1-5-16-39(6-2)60(40-18-8-7-9-19-40)41-26-28-51-47(31-41)56-42-20-11-10-17-36(42)25-27-52(56)61(51)53-29-38(35-59)54(30-37(53)34-58)62-50-24-15-13-22-44(50)46-32-45-43-21-12-14-23-48(43)57(3,4)49(45)33-55(46)62/h5-33,38,54H,1-4H3/b16-5-,39-6+. The molecule has 2 aliphatic rings. The van der Waals surface area contributed by atoms with Crippen molar-refractivity contribution in [1.82, 2.24) is 9.13 Å². The zero-order chi connectivity index (χ0) is 42.3. The van der Waals surface area contributed by atoms with Gasteiger partial charge in [0.15, 0.2) is 0 Å². The average molecular weight is 798 g/mol. The fourth-order valence-corrected chi connectivity index (χ4v) is 10.5. The molecular formula is C57H43N5. The van der Waals surface area contributed by atoms with Gasteiger partial charge in [0, 0.05) is 49.5 Å². The molecule has 0 amide bonds. The summed E-state index contributed by atoms with van der Waals surface area (Å²) in [4.78, 5) is 2.28. The van der Waals surface area contributed by atoms with E-state index in [2.05, 4.69) is 205 Å². The molecule has 5 heteroatoms. The van der Waals surface area contributed by atoms with E-state index in [1.165, 1.54) is 22.3 Å². The van der Waals surface area contributed by atoms with Gasteiger partial charge in [-0.1, -0.05) is 117 Å². The summed E-state index contributed by atoms with van der Waals surface area (Å²) in [6.45, 7) is 8.71. The minimum absolute atomic E-state index is 0.191. The third-order valence-corrected chi connectivity index (χ3v) is 13.3. The van der Waals surface area contributed by atoms with Gasteiger partial charge in [-0.25, -0.2) is 0 Å². The van der Waals surface area contributed by atoms with E-state index in [1.54, 1.807) is 0 Å². The summed E-state index contributed by atoms with van der Waals surface area (Å²) < 4.78 is 4.53. The molecule has 7 aromatic carbocycles. The SMILES string of the molecule is C/C=C\C(=C/C)N(c1ccccc1)c1ccc2c(c1)c1c3ccccc3ccc1n2C1=CC(C#N)C(n2c3ccccc3c3cc4c(cc32)C(C)(C)c2ccccc2-4)C=C1C#N. The van der Waals surface area contributed by atoms with Crippen LogP contribution in [-0.4, -0.2) is 9.13 Å². The Morgan fingerprint density at radius 1 is 0.629 bits per heavy atom. The quantitative estimate of drug-likeness (QED) is 0.157. The molecule has 0 radical (unpaired) electrons. The van der Waals surface area contributed by atoms with E-state index in [0.29, 0.717) is 5.57 Å². The first-order chi connectivity index (χ1) is 30.4. The van der Waals surface area contributed by atoms with Crippen molar-refractivity contribution in [3.63, 3.8) is 0 Å². The maximum absolute atomic E-state index is 11.2. The van der Waals surface area contributed by atoms with Gasteiger partial charge in [-0.05, 0) is 120 Å². The first-order valence-electron chi connectivity index (χ1n) is 21.4. The number of nitriles is 2. The molecule has 0 fully saturated rings. The highest BCUT2D eigenvalue weighted by atomic mass is 15.1. The molecule has 62 heavy (non-hydrogen) atoms. The number of hydrogen-bond acceptors (Lipinski definition) is 3. The van der Waals surface area contributed by atoms with Gasteiger partial charge in [-0.3, -0.25) is 0 Å². The summed E-state index contributed by atoms with van der Waals surface area (Å²) in [6.07, 6.45) is 10.4. The van der Waals surface area contributed by atoms with Crippen LogP contribution >= 0.6 is 0 Å². The molecule has 2 aliphatic carbocycles. The second kappa shape index (κ2) is 14.1. The normalized spacial score (nSPS) is 17.0. The molecule has 0 bridgehead atoms. The Kier molecular flexibility index (Phi) is 8.47. The van der Waals surface area contributed by atoms with Crippen LogP contribution < -0.4 is 4.90 Å². The molecule has 2 aromatic heterocycles. The second-order valence-electron chi connectivity index (χ2n) is 17.0. The molecule has 0 saturated heterocycles. The fourth-order valence-electron chi connectivity index (χ4n) is 10.5. The predicted molar refractivity (Wildman–Crippen MR) is 257 cm³/mol. The van der Waals surface area contributed by atoms with Gasteiger partial charge < -0.3 is 14.0 Å². The predicted octanol–water partition coefficient (Wildman–Crippen LogP) is 14.7. The third-order valence-electron chi connectivity index (χ3n) is 13.3. The lowest BCUT2D eigenvalue weighted by atomic mass is 9.82. The van der Waals surface area contributed by atoms with Gasteiger partial charge >= 0.3 is 0 Å². The maximum Gasteiger partial charge on any atom is 0.101 e. The van der Waals surface area contributed by atoms with Crippen molar-refractivity contribution >= 4 is 71.5 Å². The van der Waals surface area contributed by atoms with Crippen molar-refractivity contribution in [3.05, 3.63) is 198 Å². The molecule has 11 rings (SSSR count). The Bertz CT molecular complexity index is 3560. The van der Waals surface area contributed by atoms with Gasteiger partial charge in [0.1, 0.15) is 6.07 Å². The van der Waals surface area contributed by atoms with Crippen LogP contribution in [0, 0.1) is 28.6 Å². The monoisotopic (exact) mass is 797 g/mol. The number of rotatable bonds is 6. The van der Waals surface area contributed by atoms with Crippen molar-refractivity contribution in [2.75, 3.05) is 4.90 Å². The molecule has 2 unspecified atom stereocenters. The van der Waals surface area contributed by atoms with Crippen molar-refractivity contribution in [2.24, 2.45) is 5.92 Å². The maximum atomic E-state index is 11.2. The molecule has 9 aromatic rings. The van der Waals surface area contributed by atoms with Gasteiger partial charge in [-0.2, -0.15) is 10.5 Å². The first-order valence-corrected chi connectivity index (χ1v) is 21.4. The average Bonchev–Trinajstić information content (AvgIpc) is 3.90. The van der Waals surface area contributed by atoms with Crippen LogP contribution in [0.1, 0.15) is 44.9 Å². The molecule has 0 N–H and O–H groups in total. The van der Waals surface area contributed by atoms with E-state index in [9.17, 15) is 10.5 Å². The molecule has 296 valence electrons. The van der Waals surface area contributed by atoms with E-state index in [1.807, 2.05) is 25.1 Å². The zero-order valence-corrected chi connectivity index (χ0v) is 35.1. The Hall–Kier alpha value is -7.86. The van der Waals surface area contributed by atoms with Crippen molar-refractivity contribution in [2.45, 2.75) is 39.2 Å². The summed E-state index contributed by atoms with van der Waals surface area (Å²) in [6, 6.07) is 56.7. The number of fused-ring (bicyclic) bond motifs is 11. The Balaban J connectivity index is 1.13. The first kappa shape index (κ1) is 37.2. The van der Waals surface area contributed by atoms with Gasteiger partial charge in [0.05, 0.1) is 45.8 Å². The smallest absolute Gasteiger partial charge is 0.101 e. The largest absolute Gasteiger partial charge is 0.332 e. The van der Waals surface area contributed by atoms with Crippen molar-refractivity contribution in [1.29, 1.82) is 10.5 Å². The molecular weight excluding hydrogens is 755 g/mol. The lowest BCUT2D eigenvalue weighted by Gasteiger charge is -2.28. The summed E-state index contributed by atoms with van der Waals surface area (Å²) >= 11 is 0. The van der Waals surface area contributed by atoms with Crippen molar-refractivity contribution in [3.8, 4) is 23.3 Å². The topological polar surface area (TPSA) is 60.7 Å². The number of allylic oxidation sites excluding steroid dienone is 7. The van der Waals surface area contributed by atoms with E-state index in [-0.39, 0.29) is 5.41 Å². The summed E-state index contributed by atoms with van der Waals surface area (Å²) in [5.41, 5.74) is 13.4. The van der Waals surface area contributed by atoms with Gasteiger partial charge in [-0.15, -0.1) is 0 Å². The Morgan fingerprint density at radius 2 is 1.37 bits per heavy atom. The van der Waals surface area contributed by atoms with E-state index in [0.717, 1.165) is 77.2 Å². The highest BCUT2D eigenvalue weighted by Crippen LogP contribution is 2.52. The summed E-state index contributed by atoms with van der Waals surface area (Å²) in [5, 5.41) is 29.1. The fraction of sp³-hybridized carbons (Fsp3) is 0.123. The number of nitrogens with zero attached hydrogens (tertiary/aromatic N) is 5. The second-order valence-corrected chi connectivity index (χ2v) is 17.0. The van der Waals surface area contributed by atoms with E-state index >= 15 is 0 Å². The summed E-state index contributed by atoms with van der Waals surface area (Å²) in [7, 11) is 0. The van der Waals surface area contributed by atoms with E-state index in [4.69, 9.17) is 0 Å². The number of hydrogen-bond donors (Lipinski definition) is 0. The Morgan fingerprint density at radius 3 is 2.16 bits per heavy atom. The molecule has 5 nitrogen and oxygen atoms in total. The number of para-hydroxylation sites is 2. The minimum Gasteiger partial charge on any atom is -0.332 e. The van der Waals surface area contributed by atoms with Crippen LogP contribution in [0.4, 0.5) is 11.4 Å². The van der Waals surface area contributed by atoms with Crippen LogP contribution in [0.15, 0.2) is 187 Å². The third kappa shape index (κ3) is 5.32. The van der Waals surface area contributed by atoms with Crippen LogP contribution in [0.2, 0.25) is 0 Å². The van der Waals surface area contributed by atoms with Gasteiger partial charge in [0.2, 0.25) is 0 Å². The van der Waals surface area contributed by atoms with Gasteiger partial charge in [0.25, 0.3) is 0 Å². The molecule has 0 spiro atoms. The van der Waals surface area contributed by atoms with E-state index < -0.39 is 12.0 Å². The highest BCUT2D eigenvalue weighted by molar-refractivity contribution is 6.23. The Labute approximate surface area is 361 Å². The lowest BCUT2D eigenvalue weighted by molar-refractivity contribution is 0.557. The molecule has 0 aliphatic heterocycles. The number of anilines is 2. The molecule has 0 saturated carbocycles. The summed E-state index contributed by atoms with van der Waals surface area (Å²) in [5.74, 6) is -0.571. The van der Waals surface area contributed by atoms with Crippen molar-refractivity contribution < 1.29 is 0 Å². The lowest BCUT2D eigenvalue weighted by Crippen LogP contribution is -2.21. The minimum atomic E-state index is -0.571.